The molecular formula is C11H16N2O. The summed E-state index contributed by atoms with van der Waals surface area (Å²) in [6.07, 6.45) is 0. The molecule has 1 heterocycles. The predicted molar refractivity (Wildman–Crippen MR) is 57.3 cm³/mol. The Hall–Kier alpha value is -1.06. The normalized spacial score (nSPS) is 22.3. The van der Waals surface area contributed by atoms with E-state index in [1.54, 1.807) is 0 Å². The van der Waals surface area contributed by atoms with Crippen LogP contribution in [0, 0.1) is 0 Å². The Labute approximate surface area is 84.4 Å². The summed E-state index contributed by atoms with van der Waals surface area (Å²) in [5, 5.41) is 12.5. The molecule has 0 amide bonds. The summed E-state index contributed by atoms with van der Waals surface area (Å²) in [4.78, 5) is 2.18. The largest absolute Gasteiger partial charge is 0.395 e. The Kier molecular flexibility index (Phi) is 2.70. The lowest BCUT2D eigenvalue weighted by Crippen LogP contribution is -2.37. The van der Waals surface area contributed by atoms with Gasteiger partial charge in [-0.2, -0.15) is 0 Å². The van der Waals surface area contributed by atoms with Gasteiger partial charge in [0.25, 0.3) is 0 Å². The fraction of sp³-hybridized carbons (Fsp3) is 0.455. The van der Waals surface area contributed by atoms with Gasteiger partial charge in [0.2, 0.25) is 0 Å². The second kappa shape index (κ2) is 3.98. The number of fused-ring (bicyclic) bond motifs is 1. The number of para-hydroxylation sites is 1. The molecule has 0 aliphatic carbocycles. The molecule has 1 aromatic carbocycles. The van der Waals surface area contributed by atoms with Crippen LogP contribution >= 0.6 is 0 Å². The van der Waals surface area contributed by atoms with Crippen molar-refractivity contribution in [3.63, 3.8) is 0 Å². The van der Waals surface area contributed by atoms with Gasteiger partial charge in [0.05, 0.1) is 12.6 Å². The van der Waals surface area contributed by atoms with E-state index in [-0.39, 0.29) is 12.6 Å². The van der Waals surface area contributed by atoms with E-state index in [0.717, 1.165) is 13.1 Å². The molecule has 1 atom stereocenters. The fourth-order valence-electron chi connectivity index (χ4n) is 1.82. The van der Waals surface area contributed by atoms with Crippen molar-refractivity contribution < 1.29 is 5.11 Å². The lowest BCUT2D eigenvalue weighted by molar-refractivity contribution is 0.152. The summed E-state index contributed by atoms with van der Waals surface area (Å²) in [7, 11) is 2.05. The van der Waals surface area contributed by atoms with Crippen molar-refractivity contribution in [1.29, 1.82) is 0 Å². The topological polar surface area (TPSA) is 35.5 Å². The highest BCUT2D eigenvalue weighted by Crippen LogP contribution is 2.20. The van der Waals surface area contributed by atoms with Gasteiger partial charge in [0, 0.05) is 18.8 Å². The van der Waals surface area contributed by atoms with E-state index < -0.39 is 0 Å². The predicted octanol–water partition coefficient (Wildman–Crippen LogP) is 0.905. The summed E-state index contributed by atoms with van der Waals surface area (Å²) in [5.74, 6) is 0. The smallest absolute Gasteiger partial charge is 0.0604 e. The lowest BCUT2D eigenvalue weighted by atomic mass is 10.2. The highest BCUT2D eigenvalue weighted by Gasteiger charge is 2.18. The van der Waals surface area contributed by atoms with Gasteiger partial charge in [0.1, 0.15) is 0 Å². The van der Waals surface area contributed by atoms with Crippen LogP contribution in [0.5, 0.6) is 0 Å². The zero-order chi connectivity index (χ0) is 9.97. The molecule has 0 saturated carbocycles. The summed E-state index contributed by atoms with van der Waals surface area (Å²) in [6, 6.07) is 8.50. The molecule has 0 aromatic heterocycles. The maximum atomic E-state index is 9.18. The second-order valence-corrected chi connectivity index (χ2v) is 3.79. The van der Waals surface area contributed by atoms with Gasteiger partial charge in [-0.25, -0.2) is 0 Å². The Morgan fingerprint density at radius 1 is 1.50 bits per heavy atom. The van der Waals surface area contributed by atoms with E-state index in [1.165, 1.54) is 11.3 Å². The van der Waals surface area contributed by atoms with Gasteiger partial charge < -0.3 is 10.4 Å². The minimum atomic E-state index is 0.206. The molecule has 1 aromatic rings. The maximum absolute atomic E-state index is 9.18. The van der Waals surface area contributed by atoms with Crippen LogP contribution in [0.4, 0.5) is 5.69 Å². The van der Waals surface area contributed by atoms with Gasteiger partial charge in [-0.05, 0) is 18.7 Å². The molecule has 2 N–H and O–H groups in total. The molecule has 3 heteroatoms. The summed E-state index contributed by atoms with van der Waals surface area (Å²) in [5.41, 5.74) is 2.49. The molecule has 1 aliphatic rings. The highest BCUT2D eigenvalue weighted by molar-refractivity contribution is 5.51. The number of rotatable bonds is 1. The van der Waals surface area contributed by atoms with E-state index in [9.17, 15) is 5.11 Å². The van der Waals surface area contributed by atoms with Crippen molar-refractivity contribution in [3.05, 3.63) is 29.8 Å². The second-order valence-electron chi connectivity index (χ2n) is 3.79. The van der Waals surface area contributed by atoms with E-state index in [1.807, 2.05) is 19.2 Å². The zero-order valence-electron chi connectivity index (χ0n) is 8.40. The average molecular weight is 192 g/mol. The molecule has 0 fully saturated rings. The molecule has 2 rings (SSSR count). The van der Waals surface area contributed by atoms with Crippen LogP contribution in [0.15, 0.2) is 24.3 Å². The van der Waals surface area contributed by atoms with Crippen LogP contribution in [-0.4, -0.2) is 36.2 Å². The molecule has 14 heavy (non-hydrogen) atoms. The number of aliphatic hydroxyl groups is 1. The summed E-state index contributed by atoms with van der Waals surface area (Å²) < 4.78 is 0. The summed E-state index contributed by atoms with van der Waals surface area (Å²) in [6.45, 7) is 1.91. The minimum absolute atomic E-state index is 0.206. The highest BCUT2D eigenvalue weighted by atomic mass is 16.3. The first-order valence-electron chi connectivity index (χ1n) is 4.94. The number of hydrogen-bond acceptors (Lipinski definition) is 3. The zero-order valence-corrected chi connectivity index (χ0v) is 8.40. The average Bonchev–Trinajstić information content (AvgIpc) is 2.36. The lowest BCUT2D eigenvalue weighted by Gasteiger charge is -2.22. The van der Waals surface area contributed by atoms with E-state index in [4.69, 9.17) is 0 Å². The first-order valence-corrected chi connectivity index (χ1v) is 4.94. The van der Waals surface area contributed by atoms with Crippen LogP contribution in [0.25, 0.3) is 0 Å². The first kappa shape index (κ1) is 9.49. The van der Waals surface area contributed by atoms with Crippen molar-refractivity contribution >= 4 is 5.69 Å². The Morgan fingerprint density at radius 2 is 2.29 bits per heavy atom. The van der Waals surface area contributed by atoms with Crippen molar-refractivity contribution in [2.45, 2.75) is 12.6 Å². The third kappa shape index (κ3) is 1.74. The van der Waals surface area contributed by atoms with Crippen molar-refractivity contribution in [3.8, 4) is 0 Å². The standard InChI is InChI=1S/C11H16N2O/c1-13-7-9-4-2-3-5-11(9)12-6-10(13)8-14/h2-5,10,12,14H,6-8H2,1H3/t10-/m0/s1. The molecule has 0 spiro atoms. The van der Waals surface area contributed by atoms with Crippen molar-refractivity contribution in [2.24, 2.45) is 0 Å². The SMILES string of the molecule is CN1Cc2ccccc2NC[C@H]1CO. The molecule has 0 radical (unpaired) electrons. The molecule has 3 nitrogen and oxygen atoms in total. The van der Waals surface area contributed by atoms with Crippen LogP contribution < -0.4 is 5.32 Å². The Balaban J connectivity index is 2.23. The fourth-order valence-corrected chi connectivity index (χ4v) is 1.82. The molecular weight excluding hydrogens is 176 g/mol. The maximum Gasteiger partial charge on any atom is 0.0604 e. The number of aliphatic hydroxyl groups excluding tert-OH is 1. The monoisotopic (exact) mass is 192 g/mol. The van der Waals surface area contributed by atoms with Gasteiger partial charge in [-0.1, -0.05) is 18.2 Å². The number of nitrogens with one attached hydrogen (secondary N) is 1. The molecule has 0 bridgehead atoms. The molecule has 0 saturated heterocycles. The Morgan fingerprint density at radius 3 is 3.07 bits per heavy atom. The third-order valence-corrected chi connectivity index (χ3v) is 2.80. The van der Waals surface area contributed by atoms with E-state index in [0.29, 0.717) is 0 Å². The molecule has 76 valence electrons. The van der Waals surface area contributed by atoms with Gasteiger partial charge >= 0.3 is 0 Å². The quantitative estimate of drug-likeness (QED) is 0.694. The summed E-state index contributed by atoms with van der Waals surface area (Å²) >= 11 is 0. The van der Waals surface area contributed by atoms with Crippen molar-refractivity contribution in [1.82, 2.24) is 4.90 Å². The number of nitrogens with zero attached hydrogens (tertiary/aromatic N) is 1. The molecule has 1 aliphatic heterocycles. The number of benzene rings is 1. The minimum Gasteiger partial charge on any atom is -0.395 e. The number of hydrogen-bond donors (Lipinski definition) is 2. The van der Waals surface area contributed by atoms with Crippen LogP contribution in [-0.2, 0) is 6.54 Å². The van der Waals surface area contributed by atoms with Crippen LogP contribution in [0.3, 0.4) is 0 Å². The van der Waals surface area contributed by atoms with Gasteiger partial charge in [-0.15, -0.1) is 0 Å². The van der Waals surface area contributed by atoms with Gasteiger partial charge in [-0.3, -0.25) is 4.90 Å². The third-order valence-electron chi connectivity index (χ3n) is 2.80. The van der Waals surface area contributed by atoms with Gasteiger partial charge in [0.15, 0.2) is 0 Å². The first-order chi connectivity index (χ1) is 6.81. The molecule has 0 unspecified atom stereocenters. The van der Waals surface area contributed by atoms with Crippen LogP contribution in [0.2, 0.25) is 0 Å². The van der Waals surface area contributed by atoms with Crippen molar-refractivity contribution in [2.75, 3.05) is 25.5 Å². The van der Waals surface area contributed by atoms with E-state index in [2.05, 4.69) is 22.3 Å². The number of likely N-dealkylation sites (N-methyl/N-ethyl adjacent to an activating group) is 1. The van der Waals surface area contributed by atoms with E-state index >= 15 is 0 Å². The Bertz CT molecular complexity index is 314. The number of anilines is 1. The van der Waals surface area contributed by atoms with Crippen LogP contribution in [0.1, 0.15) is 5.56 Å².